The lowest BCUT2D eigenvalue weighted by atomic mass is 10.1. The normalized spacial score (nSPS) is 18.9. The molecule has 2 fully saturated rings. The lowest BCUT2D eigenvalue weighted by Gasteiger charge is -2.35. The highest BCUT2D eigenvalue weighted by Gasteiger charge is 2.31. The number of imidazole rings is 1. The molecule has 0 spiro atoms. The second-order valence-corrected chi connectivity index (χ2v) is 10.2. The molecule has 0 amide bonds. The molecule has 0 saturated carbocycles. The molecule has 30 heavy (non-hydrogen) atoms. The van der Waals surface area contributed by atoms with Gasteiger partial charge in [-0.3, -0.25) is 0 Å². The predicted molar refractivity (Wildman–Crippen MR) is 116 cm³/mol. The first-order valence-electron chi connectivity index (χ1n) is 10.7. The molecule has 2 aliphatic heterocycles. The maximum Gasteiger partial charge on any atom is 0.262 e. The van der Waals surface area contributed by atoms with Gasteiger partial charge in [-0.25, -0.2) is 23.4 Å². The molecular weight excluding hydrogens is 402 g/mol. The lowest BCUT2D eigenvalue weighted by molar-refractivity contribution is 0.382. The zero-order valence-electron chi connectivity index (χ0n) is 18.0. The Morgan fingerprint density at radius 1 is 0.900 bits per heavy atom. The topological polar surface area (TPSA) is 87.5 Å². The van der Waals surface area contributed by atoms with Crippen LogP contribution in [-0.4, -0.2) is 71.5 Å². The summed E-state index contributed by atoms with van der Waals surface area (Å²) in [6, 6.07) is 2.22. The molecule has 0 radical (unpaired) electrons. The number of sulfonamides is 1. The van der Waals surface area contributed by atoms with Crippen molar-refractivity contribution < 1.29 is 8.42 Å². The predicted octanol–water partition coefficient (Wildman–Crippen LogP) is 2.06. The molecule has 9 nitrogen and oxygen atoms in total. The van der Waals surface area contributed by atoms with Gasteiger partial charge < -0.3 is 14.4 Å². The monoisotopic (exact) mass is 433 g/mol. The summed E-state index contributed by atoms with van der Waals surface area (Å²) in [7, 11) is -3.58. The Balaban J connectivity index is 1.46. The molecule has 4 rings (SSSR count). The van der Waals surface area contributed by atoms with Gasteiger partial charge in [0.2, 0.25) is 0 Å². The van der Waals surface area contributed by atoms with Gasteiger partial charge in [0.25, 0.3) is 10.0 Å². The van der Waals surface area contributed by atoms with Crippen LogP contribution in [0.5, 0.6) is 0 Å². The van der Waals surface area contributed by atoms with E-state index in [1.54, 1.807) is 12.5 Å². The molecule has 0 atom stereocenters. The summed E-state index contributed by atoms with van der Waals surface area (Å²) in [5, 5.41) is 0.120. The first-order valence-corrected chi connectivity index (χ1v) is 12.2. The van der Waals surface area contributed by atoms with Crippen molar-refractivity contribution in [1.82, 2.24) is 23.8 Å². The summed E-state index contributed by atoms with van der Waals surface area (Å²) in [6.45, 7) is 10.0. The summed E-state index contributed by atoms with van der Waals surface area (Å²) in [4.78, 5) is 17.9. The van der Waals surface area contributed by atoms with Gasteiger partial charge >= 0.3 is 0 Å². The summed E-state index contributed by atoms with van der Waals surface area (Å²) >= 11 is 0. The summed E-state index contributed by atoms with van der Waals surface area (Å²) < 4.78 is 29.3. The van der Waals surface area contributed by atoms with Crippen molar-refractivity contribution in [1.29, 1.82) is 0 Å². The first-order chi connectivity index (χ1) is 14.3. The van der Waals surface area contributed by atoms with Gasteiger partial charge in [0.1, 0.15) is 17.5 Å². The van der Waals surface area contributed by atoms with Crippen molar-refractivity contribution >= 4 is 21.7 Å². The molecule has 0 bridgehead atoms. The molecular formula is C20H31N7O2S. The Kier molecular flexibility index (Phi) is 5.97. The number of piperazine rings is 1. The molecule has 164 valence electrons. The van der Waals surface area contributed by atoms with E-state index in [1.165, 1.54) is 23.6 Å². The maximum atomic E-state index is 13.0. The number of anilines is 2. The van der Waals surface area contributed by atoms with E-state index in [0.717, 1.165) is 30.5 Å². The quantitative estimate of drug-likeness (QED) is 0.713. The highest BCUT2D eigenvalue weighted by Crippen LogP contribution is 2.24. The third kappa shape index (κ3) is 4.29. The Morgan fingerprint density at radius 3 is 2.07 bits per heavy atom. The van der Waals surface area contributed by atoms with Crippen LogP contribution in [0.3, 0.4) is 0 Å². The number of nitrogens with zero attached hydrogens (tertiary/aromatic N) is 7. The van der Waals surface area contributed by atoms with E-state index >= 15 is 0 Å². The zero-order chi connectivity index (χ0) is 21.3. The van der Waals surface area contributed by atoms with Crippen molar-refractivity contribution in [3.05, 3.63) is 24.4 Å². The number of aryl methyl sites for hydroxylation is 1. The van der Waals surface area contributed by atoms with Crippen molar-refractivity contribution in [2.75, 3.05) is 49.1 Å². The van der Waals surface area contributed by atoms with Gasteiger partial charge in [-0.15, -0.1) is 0 Å². The zero-order valence-corrected chi connectivity index (χ0v) is 18.8. The Hall–Kier alpha value is -2.20. The Morgan fingerprint density at radius 2 is 1.50 bits per heavy atom. The van der Waals surface area contributed by atoms with Crippen molar-refractivity contribution in [2.24, 2.45) is 0 Å². The summed E-state index contributed by atoms with van der Waals surface area (Å²) in [5.74, 6) is 2.61. The smallest absolute Gasteiger partial charge is 0.262 e. The highest BCUT2D eigenvalue weighted by molar-refractivity contribution is 7.89. The van der Waals surface area contributed by atoms with Crippen LogP contribution in [0.2, 0.25) is 0 Å². The van der Waals surface area contributed by atoms with Crippen LogP contribution < -0.4 is 9.80 Å². The molecule has 0 unspecified atom stereocenters. The second-order valence-electron chi connectivity index (χ2n) is 8.32. The number of aromatic nitrogens is 4. The number of rotatable bonds is 5. The molecule has 2 saturated heterocycles. The fourth-order valence-corrected chi connectivity index (χ4v) is 5.35. The Labute approximate surface area is 178 Å². The number of hydrogen-bond acceptors (Lipinski definition) is 7. The fourth-order valence-electron chi connectivity index (χ4n) is 4.01. The highest BCUT2D eigenvalue weighted by atomic mass is 32.2. The summed E-state index contributed by atoms with van der Waals surface area (Å²) in [5.41, 5.74) is 0. The van der Waals surface area contributed by atoms with E-state index in [2.05, 4.69) is 24.8 Å². The van der Waals surface area contributed by atoms with E-state index in [1.807, 2.05) is 31.4 Å². The minimum Gasteiger partial charge on any atom is -0.356 e. The average molecular weight is 434 g/mol. The fraction of sp³-hybridized carbons (Fsp3) is 0.650. The largest absolute Gasteiger partial charge is 0.356 e. The van der Waals surface area contributed by atoms with Crippen LogP contribution in [0.25, 0.3) is 0 Å². The van der Waals surface area contributed by atoms with Gasteiger partial charge in [-0.05, 0) is 40.0 Å². The molecule has 0 N–H and O–H groups in total. The van der Waals surface area contributed by atoms with E-state index in [4.69, 9.17) is 0 Å². The van der Waals surface area contributed by atoms with Gasteiger partial charge in [0, 0.05) is 57.6 Å². The third-order valence-corrected chi connectivity index (χ3v) is 7.62. The van der Waals surface area contributed by atoms with Gasteiger partial charge in [-0.1, -0.05) is 0 Å². The minimum absolute atomic E-state index is 0.120. The molecule has 2 aliphatic rings. The molecule has 0 aromatic carbocycles. The molecule has 10 heteroatoms. The molecule has 4 heterocycles. The second kappa shape index (κ2) is 8.50. The van der Waals surface area contributed by atoms with Gasteiger partial charge in [-0.2, -0.15) is 4.31 Å². The van der Waals surface area contributed by atoms with Gasteiger partial charge in [0.05, 0.1) is 6.33 Å². The van der Waals surface area contributed by atoms with Gasteiger partial charge in [0.15, 0.2) is 5.03 Å². The van der Waals surface area contributed by atoms with Crippen molar-refractivity contribution in [2.45, 2.75) is 51.1 Å². The number of hydrogen-bond donors (Lipinski definition) is 0. The van der Waals surface area contributed by atoms with E-state index < -0.39 is 10.0 Å². The molecule has 2 aromatic heterocycles. The van der Waals surface area contributed by atoms with Crippen molar-refractivity contribution in [3.63, 3.8) is 0 Å². The van der Waals surface area contributed by atoms with E-state index in [0.29, 0.717) is 26.2 Å². The van der Waals surface area contributed by atoms with Crippen LogP contribution in [-0.2, 0) is 10.0 Å². The standard InChI is InChI=1S/C20H31N7O2S/c1-16(2)26-14-20(21-15-26)30(28,29)27-11-9-25(10-12-27)19-13-18(22-17(3)23-19)24-7-5-4-6-8-24/h13-16H,4-12H2,1-3H3. The van der Waals surface area contributed by atoms with Crippen LogP contribution in [0.15, 0.2) is 23.6 Å². The molecule has 0 aliphatic carbocycles. The third-order valence-electron chi connectivity index (χ3n) is 5.83. The Bertz CT molecular complexity index is 975. The SMILES string of the molecule is Cc1nc(N2CCCCC2)cc(N2CCN(S(=O)(=O)c3cn(C(C)C)cn3)CC2)n1. The lowest BCUT2D eigenvalue weighted by Crippen LogP contribution is -2.49. The summed E-state index contributed by atoms with van der Waals surface area (Å²) in [6.07, 6.45) is 6.87. The molecule has 2 aromatic rings. The van der Waals surface area contributed by atoms with E-state index in [-0.39, 0.29) is 11.1 Å². The van der Waals surface area contributed by atoms with Crippen LogP contribution in [0.1, 0.15) is 45.0 Å². The first kappa shape index (κ1) is 21.0. The average Bonchev–Trinajstić information content (AvgIpc) is 3.26. The van der Waals surface area contributed by atoms with Crippen LogP contribution in [0, 0.1) is 6.92 Å². The maximum absolute atomic E-state index is 13.0. The van der Waals surface area contributed by atoms with E-state index in [9.17, 15) is 8.42 Å². The van der Waals surface area contributed by atoms with Crippen molar-refractivity contribution in [3.8, 4) is 0 Å². The van der Waals surface area contributed by atoms with Crippen LogP contribution in [0.4, 0.5) is 11.6 Å². The van der Waals surface area contributed by atoms with Crippen LogP contribution >= 0.6 is 0 Å². The minimum atomic E-state index is -3.58. The number of piperidine rings is 1.